The summed E-state index contributed by atoms with van der Waals surface area (Å²) >= 11 is 0. The molecule has 0 aromatic heterocycles. The third-order valence-corrected chi connectivity index (χ3v) is 8.06. The second-order valence-electron chi connectivity index (χ2n) is 5.05. The molecule has 0 amide bonds. The molecular formula is C18H27O5Si2. The van der Waals surface area contributed by atoms with Gasteiger partial charge in [0.1, 0.15) is 0 Å². The number of aryl methyl sites for hydroxylation is 1. The topological polar surface area (TPSA) is 46.2 Å². The van der Waals surface area contributed by atoms with Crippen molar-refractivity contribution in [1.82, 2.24) is 0 Å². The van der Waals surface area contributed by atoms with Crippen molar-refractivity contribution in [1.29, 1.82) is 0 Å². The summed E-state index contributed by atoms with van der Waals surface area (Å²) in [6.45, 7) is 2.07. The van der Waals surface area contributed by atoms with E-state index in [0.717, 1.165) is 5.19 Å². The molecule has 0 spiro atoms. The van der Waals surface area contributed by atoms with Crippen LogP contribution < -0.4 is 10.4 Å². The minimum absolute atomic E-state index is 0.975. The van der Waals surface area contributed by atoms with Gasteiger partial charge in [-0.1, -0.05) is 54.6 Å². The average Bonchev–Trinajstić information content (AvgIpc) is 2.67. The minimum atomic E-state index is -2.59. The average molecular weight is 380 g/mol. The van der Waals surface area contributed by atoms with Crippen molar-refractivity contribution in [3.05, 3.63) is 60.2 Å². The van der Waals surface area contributed by atoms with Crippen LogP contribution in [0.1, 0.15) is 5.56 Å². The summed E-state index contributed by atoms with van der Waals surface area (Å²) in [4.78, 5) is 0. The van der Waals surface area contributed by atoms with E-state index in [2.05, 4.69) is 19.1 Å². The fourth-order valence-corrected chi connectivity index (χ4v) is 5.40. The zero-order valence-corrected chi connectivity index (χ0v) is 17.7. The summed E-state index contributed by atoms with van der Waals surface area (Å²) in [6, 6.07) is 17.9. The maximum absolute atomic E-state index is 5.32. The Hall–Kier alpha value is -1.33. The van der Waals surface area contributed by atoms with Crippen molar-refractivity contribution in [3.63, 3.8) is 0 Å². The smallest absolute Gasteiger partial charge is 0.393 e. The first kappa shape index (κ1) is 21.7. The Balaban J connectivity index is 0.000000251. The molecule has 0 unspecified atom stereocenters. The Morgan fingerprint density at radius 2 is 1.16 bits per heavy atom. The van der Waals surface area contributed by atoms with E-state index in [1.54, 1.807) is 35.5 Å². The molecule has 0 saturated carbocycles. The molecule has 0 fully saturated rings. The fourth-order valence-electron chi connectivity index (χ4n) is 2.35. The Bertz CT molecular complexity index is 593. The molecule has 137 valence electrons. The van der Waals surface area contributed by atoms with Gasteiger partial charge in [-0.3, -0.25) is 0 Å². The van der Waals surface area contributed by atoms with E-state index in [4.69, 9.17) is 22.1 Å². The van der Waals surface area contributed by atoms with Crippen LogP contribution in [0.15, 0.2) is 54.6 Å². The Morgan fingerprint density at radius 1 is 0.680 bits per heavy atom. The summed E-state index contributed by atoms with van der Waals surface area (Å²) in [7, 11) is 4.36. The summed E-state index contributed by atoms with van der Waals surface area (Å²) < 4.78 is 26.4. The van der Waals surface area contributed by atoms with Crippen LogP contribution in [0.2, 0.25) is 0 Å². The Kier molecular flexibility index (Phi) is 9.83. The number of benzene rings is 2. The van der Waals surface area contributed by atoms with Crippen LogP contribution in [0.5, 0.6) is 0 Å². The van der Waals surface area contributed by atoms with Crippen molar-refractivity contribution in [3.8, 4) is 0 Å². The molecule has 2 aromatic rings. The first-order chi connectivity index (χ1) is 12.1. The highest BCUT2D eigenvalue weighted by Gasteiger charge is 2.40. The quantitative estimate of drug-likeness (QED) is 0.686. The first-order valence-electron chi connectivity index (χ1n) is 7.80. The lowest BCUT2D eigenvalue weighted by atomic mass is 10.2. The van der Waals surface area contributed by atoms with E-state index in [9.17, 15) is 0 Å². The third-order valence-electron chi connectivity index (χ3n) is 3.67. The molecule has 0 bridgehead atoms. The summed E-state index contributed by atoms with van der Waals surface area (Å²) in [6.07, 6.45) is 0. The van der Waals surface area contributed by atoms with Crippen molar-refractivity contribution >= 4 is 28.5 Å². The molecule has 2 aromatic carbocycles. The highest BCUT2D eigenvalue weighted by atomic mass is 28.4. The van der Waals surface area contributed by atoms with Gasteiger partial charge >= 0.3 is 18.1 Å². The number of rotatable bonds is 7. The Morgan fingerprint density at radius 3 is 1.60 bits per heavy atom. The van der Waals surface area contributed by atoms with Gasteiger partial charge in [0.2, 0.25) is 0 Å². The molecule has 25 heavy (non-hydrogen) atoms. The van der Waals surface area contributed by atoms with Crippen LogP contribution in [0.25, 0.3) is 0 Å². The highest BCUT2D eigenvalue weighted by molar-refractivity contribution is 6.75. The maximum atomic E-state index is 5.32. The Labute approximate surface area is 153 Å². The van der Waals surface area contributed by atoms with Crippen LogP contribution >= 0.6 is 0 Å². The second kappa shape index (κ2) is 11.3. The predicted octanol–water partition coefficient (Wildman–Crippen LogP) is 1.75. The summed E-state index contributed by atoms with van der Waals surface area (Å²) in [5.41, 5.74) is 1.23. The van der Waals surface area contributed by atoms with Gasteiger partial charge in [0.25, 0.3) is 0 Å². The molecule has 7 heteroatoms. The minimum Gasteiger partial charge on any atom is -0.393 e. The zero-order chi connectivity index (χ0) is 18.7. The van der Waals surface area contributed by atoms with E-state index >= 15 is 0 Å². The van der Waals surface area contributed by atoms with Gasteiger partial charge in [0.15, 0.2) is 0 Å². The van der Waals surface area contributed by atoms with Gasteiger partial charge in [-0.15, -0.1) is 0 Å². The lowest BCUT2D eigenvalue weighted by molar-refractivity contribution is 0.140. The standard InChI is InChI=1S/C9H14O3Si.C9H13O2Si/c1-10-13(11-2,12-3)9-7-5-4-6-8-9;1-8-6-4-5-7-9(8)12(10-2)11-3/h4-8H,1-3H3;4-7H,1-3H3. The van der Waals surface area contributed by atoms with Crippen LogP contribution in [0.4, 0.5) is 0 Å². The predicted molar refractivity (Wildman–Crippen MR) is 103 cm³/mol. The second-order valence-corrected chi connectivity index (χ2v) is 9.89. The fraction of sp³-hybridized carbons (Fsp3) is 0.333. The molecule has 5 nitrogen and oxygen atoms in total. The van der Waals surface area contributed by atoms with Gasteiger partial charge < -0.3 is 22.1 Å². The monoisotopic (exact) mass is 379 g/mol. The lowest BCUT2D eigenvalue weighted by Gasteiger charge is -2.24. The van der Waals surface area contributed by atoms with Gasteiger partial charge in [0, 0.05) is 40.7 Å². The van der Waals surface area contributed by atoms with E-state index < -0.39 is 18.1 Å². The van der Waals surface area contributed by atoms with Crippen LogP contribution in [0, 0.1) is 6.92 Å². The van der Waals surface area contributed by atoms with Gasteiger partial charge in [-0.2, -0.15) is 0 Å². The molecule has 0 heterocycles. The van der Waals surface area contributed by atoms with Crippen LogP contribution in [-0.2, 0) is 22.1 Å². The molecule has 0 saturated heterocycles. The molecular weight excluding hydrogens is 352 g/mol. The summed E-state index contributed by atoms with van der Waals surface area (Å²) in [5.74, 6) is 0. The molecule has 0 aliphatic rings. The first-order valence-corrected chi connectivity index (χ1v) is 10.8. The van der Waals surface area contributed by atoms with Crippen molar-refractivity contribution < 1.29 is 22.1 Å². The normalized spacial score (nSPS) is 11.2. The van der Waals surface area contributed by atoms with Crippen molar-refractivity contribution in [2.45, 2.75) is 6.92 Å². The highest BCUT2D eigenvalue weighted by Crippen LogP contribution is 2.05. The van der Waals surface area contributed by atoms with Gasteiger partial charge in [-0.05, 0) is 17.7 Å². The van der Waals surface area contributed by atoms with Crippen molar-refractivity contribution in [2.75, 3.05) is 35.5 Å². The number of hydrogen-bond donors (Lipinski definition) is 0. The molecule has 2 rings (SSSR count). The van der Waals surface area contributed by atoms with E-state index in [1.165, 1.54) is 10.8 Å². The number of hydrogen-bond acceptors (Lipinski definition) is 5. The molecule has 0 N–H and O–H groups in total. The van der Waals surface area contributed by atoms with Crippen LogP contribution in [-0.4, -0.2) is 53.6 Å². The lowest BCUT2D eigenvalue weighted by Crippen LogP contribution is -2.54. The molecule has 0 aliphatic carbocycles. The van der Waals surface area contributed by atoms with Gasteiger partial charge in [-0.25, -0.2) is 0 Å². The van der Waals surface area contributed by atoms with Gasteiger partial charge in [0.05, 0.1) is 0 Å². The summed E-state index contributed by atoms with van der Waals surface area (Å²) in [5, 5.41) is 2.16. The van der Waals surface area contributed by atoms with E-state index in [-0.39, 0.29) is 0 Å². The largest absolute Gasteiger partial charge is 0.536 e. The van der Waals surface area contributed by atoms with Crippen LogP contribution in [0.3, 0.4) is 0 Å². The van der Waals surface area contributed by atoms with Crippen molar-refractivity contribution in [2.24, 2.45) is 0 Å². The molecule has 1 radical (unpaired) electrons. The zero-order valence-electron chi connectivity index (χ0n) is 15.7. The SMILES string of the molecule is CO[Si](OC)(OC)c1ccccc1.CO[Si](OC)c1ccccc1C. The molecule has 0 aliphatic heterocycles. The third kappa shape index (κ3) is 5.86. The molecule has 0 atom stereocenters. The van der Waals surface area contributed by atoms with E-state index in [0.29, 0.717) is 0 Å². The van der Waals surface area contributed by atoms with E-state index in [1.807, 2.05) is 42.5 Å². The maximum Gasteiger partial charge on any atom is 0.536 e.